The van der Waals surface area contributed by atoms with Crippen molar-refractivity contribution in [3.8, 4) is 17.2 Å². The first kappa shape index (κ1) is 21.3. The summed E-state index contributed by atoms with van der Waals surface area (Å²) in [5, 5.41) is 3.82. The number of H-pyrrole nitrogens is 1. The van der Waals surface area contributed by atoms with Gasteiger partial charge in [-0.15, -0.1) is 0 Å². The number of hydrogen-bond acceptors (Lipinski definition) is 8. The lowest BCUT2D eigenvalue weighted by atomic mass is 9.76. The summed E-state index contributed by atoms with van der Waals surface area (Å²) in [5.41, 5.74) is 2.19. The standard InChI is InChI=1S/C22H25N3O5S/c1-5-31-22-24-20-17(21(27)25-22)15(16-12(23-20)7-6-8-13(16)26)11-9-10-14(28-2)19(30-4)18(11)29-3/h9-10,15H,5-8H2,1-4H3,(H2,23,24,25,27). The van der Waals surface area contributed by atoms with Crippen LogP contribution in [0.2, 0.25) is 0 Å². The fraction of sp³-hybridized carbons (Fsp3) is 0.409. The van der Waals surface area contributed by atoms with Crippen molar-refractivity contribution in [1.82, 2.24) is 9.97 Å². The second-order valence-electron chi connectivity index (χ2n) is 7.22. The number of nitrogens with zero attached hydrogens (tertiary/aromatic N) is 1. The van der Waals surface area contributed by atoms with Crippen LogP contribution in [-0.4, -0.2) is 42.8 Å². The van der Waals surface area contributed by atoms with Crippen molar-refractivity contribution >= 4 is 23.4 Å². The Kier molecular flexibility index (Phi) is 5.95. The van der Waals surface area contributed by atoms with Crippen LogP contribution >= 0.6 is 11.8 Å². The molecule has 0 saturated heterocycles. The van der Waals surface area contributed by atoms with Gasteiger partial charge in [0.1, 0.15) is 5.82 Å². The van der Waals surface area contributed by atoms with Crippen molar-refractivity contribution in [1.29, 1.82) is 0 Å². The van der Waals surface area contributed by atoms with Gasteiger partial charge in [-0.1, -0.05) is 24.8 Å². The Bertz CT molecular complexity index is 1120. The number of hydrogen-bond donors (Lipinski definition) is 2. The van der Waals surface area contributed by atoms with E-state index in [1.165, 1.54) is 26.0 Å². The minimum absolute atomic E-state index is 0.0210. The number of allylic oxidation sites excluding steroid dienone is 2. The topological polar surface area (TPSA) is 103 Å². The smallest absolute Gasteiger partial charge is 0.257 e. The van der Waals surface area contributed by atoms with Gasteiger partial charge in [0.05, 0.1) is 32.8 Å². The maximum absolute atomic E-state index is 13.2. The number of aromatic nitrogens is 2. The van der Waals surface area contributed by atoms with Crippen molar-refractivity contribution in [3.63, 3.8) is 0 Å². The summed E-state index contributed by atoms with van der Waals surface area (Å²) in [7, 11) is 4.60. The van der Waals surface area contributed by atoms with E-state index < -0.39 is 5.92 Å². The van der Waals surface area contributed by atoms with Crippen molar-refractivity contribution in [3.05, 3.63) is 44.9 Å². The molecule has 1 aliphatic heterocycles. The van der Waals surface area contributed by atoms with Crippen LogP contribution in [0.1, 0.15) is 43.2 Å². The van der Waals surface area contributed by atoms with Crippen molar-refractivity contribution < 1.29 is 19.0 Å². The maximum atomic E-state index is 13.2. The second-order valence-corrected chi connectivity index (χ2v) is 8.47. The van der Waals surface area contributed by atoms with E-state index in [1.54, 1.807) is 13.2 Å². The predicted molar refractivity (Wildman–Crippen MR) is 119 cm³/mol. The second kappa shape index (κ2) is 8.66. The van der Waals surface area contributed by atoms with E-state index in [-0.39, 0.29) is 11.3 Å². The summed E-state index contributed by atoms with van der Waals surface area (Å²) in [6.07, 6.45) is 1.92. The lowest BCUT2D eigenvalue weighted by Crippen LogP contribution is -2.33. The highest BCUT2D eigenvalue weighted by Crippen LogP contribution is 2.50. The Morgan fingerprint density at radius 2 is 1.87 bits per heavy atom. The summed E-state index contributed by atoms with van der Waals surface area (Å²) in [5.74, 6) is 2.00. The third kappa shape index (κ3) is 3.56. The first-order valence-electron chi connectivity index (χ1n) is 10.1. The van der Waals surface area contributed by atoms with Crippen molar-refractivity contribution in [2.75, 3.05) is 32.4 Å². The molecule has 1 aromatic carbocycles. The molecule has 4 rings (SSSR count). The van der Waals surface area contributed by atoms with Gasteiger partial charge >= 0.3 is 0 Å². The molecule has 0 fully saturated rings. The zero-order valence-electron chi connectivity index (χ0n) is 18.0. The van der Waals surface area contributed by atoms with Crippen LogP contribution in [0.15, 0.2) is 33.4 Å². The molecule has 164 valence electrons. The number of nitrogens with one attached hydrogen (secondary N) is 2. The summed E-state index contributed by atoms with van der Waals surface area (Å²) in [6, 6.07) is 3.58. The number of Topliss-reactive ketones (excluding diaryl/α,β-unsaturated/α-hetero) is 1. The predicted octanol–water partition coefficient (Wildman–Crippen LogP) is 3.47. The molecule has 9 heteroatoms. The minimum atomic E-state index is -0.620. The SMILES string of the molecule is CCSc1nc2c(c(=O)[nH]1)C(c1ccc(OC)c(OC)c1OC)C1=C(CCCC1=O)N2. The van der Waals surface area contributed by atoms with Gasteiger partial charge in [0, 0.05) is 23.3 Å². The highest BCUT2D eigenvalue weighted by Gasteiger charge is 2.40. The van der Waals surface area contributed by atoms with Crippen LogP contribution < -0.4 is 25.1 Å². The van der Waals surface area contributed by atoms with Crippen LogP contribution in [0.25, 0.3) is 0 Å². The van der Waals surface area contributed by atoms with Crippen molar-refractivity contribution in [2.45, 2.75) is 37.3 Å². The van der Waals surface area contributed by atoms with Gasteiger partial charge in [-0.25, -0.2) is 4.98 Å². The number of rotatable bonds is 6. The normalized spacial score (nSPS) is 17.5. The number of benzene rings is 1. The Hall–Kier alpha value is -2.94. The third-order valence-corrected chi connectivity index (χ3v) is 6.32. The maximum Gasteiger partial charge on any atom is 0.257 e. The molecule has 2 heterocycles. The molecule has 1 unspecified atom stereocenters. The third-order valence-electron chi connectivity index (χ3n) is 5.56. The molecule has 0 radical (unpaired) electrons. The quantitative estimate of drug-likeness (QED) is 0.517. The van der Waals surface area contributed by atoms with Gasteiger partial charge in [-0.2, -0.15) is 0 Å². The Morgan fingerprint density at radius 1 is 1.10 bits per heavy atom. The average molecular weight is 444 g/mol. The summed E-state index contributed by atoms with van der Waals surface area (Å²) in [6.45, 7) is 2.00. The molecule has 1 aliphatic carbocycles. The number of ether oxygens (including phenoxy) is 3. The van der Waals surface area contributed by atoms with E-state index in [0.717, 1.165) is 24.3 Å². The van der Waals surface area contributed by atoms with Gasteiger partial charge in [-0.05, 0) is 24.7 Å². The van der Waals surface area contributed by atoms with Crippen LogP contribution in [0.4, 0.5) is 5.82 Å². The number of aromatic amines is 1. The molecule has 2 aromatic rings. The molecule has 2 N–H and O–H groups in total. The molecule has 0 amide bonds. The Labute approximate surface area is 184 Å². The first-order chi connectivity index (χ1) is 15.0. The molecule has 2 aliphatic rings. The fourth-order valence-electron chi connectivity index (χ4n) is 4.31. The van der Waals surface area contributed by atoms with Gasteiger partial charge in [0.15, 0.2) is 22.4 Å². The highest BCUT2D eigenvalue weighted by molar-refractivity contribution is 7.99. The fourth-order valence-corrected chi connectivity index (χ4v) is 4.90. The number of fused-ring (bicyclic) bond motifs is 1. The van der Waals surface area contributed by atoms with Gasteiger partial charge in [0.2, 0.25) is 5.75 Å². The van der Waals surface area contributed by atoms with Gasteiger partial charge in [-0.3, -0.25) is 9.59 Å². The number of thioether (sulfide) groups is 1. The largest absolute Gasteiger partial charge is 0.493 e. The van der Waals surface area contributed by atoms with Crippen LogP contribution in [0, 0.1) is 0 Å². The van der Waals surface area contributed by atoms with E-state index in [9.17, 15) is 9.59 Å². The molecule has 1 atom stereocenters. The van der Waals surface area contributed by atoms with E-state index in [2.05, 4.69) is 15.3 Å². The van der Waals surface area contributed by atoms with E-state index in [0.29, 0.717) is 51.3 Å². The van der Waals surface area contributed by atoms with Crippen LogP contribution in [0.3, 0.4) is 0 Å². The minimum Gasteiger partial charge on any atom is -0.493 e. The number of ketones is 1. The monoisotopic (exact) mass is 443 g/mol. The van der Waals surface area contributed by atoms with Crippen LogP contribution in [0.5, 0.6) is 17.2 Å². The number of anilines is 1. The van der Waals surface area contributed by atoms with Crippen LogP contribution in [-0.2, 0) is 4.79 Å². The Balaban J connectivity index is 2.01. The lowest BCUT2D eigenvalue weighted by molar-refractivity contribution is -0.116. The molecular formula is C22H25N3O5S. The zero-order chi connectivity index (χ0) is 22.1. The number of carbonyl (C=O) groups is 1. The van der Waals surface area contributed by atoms with Gasteiger partial charge in [0.25, 0.3) is 5.56 Å². The summed E-state index contributed by atoms with van der Waals surface area (Å²) in [4.78, 5) is 33.8. The van der Waals surface area contributed by atoms with E-state index >= 15 is 0 Å². The number of methoxy groups -OCH3 is 3. The molecular weight excluding hydrogens is 418 g/mol. The molecule has 0 bridgehead atoms. The molecule has 0 saturated carbocycles. The lowest BCUT2D eigenvalue weighted by Gasteiger charge is -2.33. The summed E-state index contributed by atoms with van der Waals surface area (Å²) < 4.78 is 16.7. The van der Waals surface area contributed by atoms with Crippen molar-refractivity contribution in [2.24, 2.45) is 0 Å². The molecule has 31 heavy (non-hydrogen) atoms. The average Bonchev–Trinajstić information content (AvgIpc) is 2.77. The van der Waals surface area contributed by atoms with E-state index in [4.69, 9.17) is 14.2 Å². The number of carbonyl (C=O) groups excluding carboxylic acids is 1. The Morgan fingerprint density at radius 3 is 2.55 bits per heavy atom. The van der Waals surface area contributed by atoms with Gasteiger partial charge < -0.3 is 24.5 Å². The highest BCUT2D eigenvalue weighted by atomic mass is 32.2. The first-order valence-corrected chi connectivity index (χ1v) is 11.1. The zero-order valence-corrected chi connectivity index (χ0v) is 18.8. The summed E-state index contributed by atoms with van der Waals surface area (Å²) >= 11 is 1.46. The molecule has 1 aromatic heterocycles. The van der Waals surface area contributed by atoms with E-state index in [1.807, 2.05) is 13.0 Å². The molecule has 8 nitrogen and oxygen atoms in total. The molecule has 0 spiro atoms.